The number of Topliss-reactive ketones (excluding diaryl/α,β-unsaturated/α-hetero) is 1. The van der Waals surface area contributed by atoms with E-state index >= 15 is 0 Å². The molecule has 0 heterocycles. The predicted octanol–water partition coefficient (Wildman–Crippen LogP) is 5.37. The van der Waals surface area contributed by atoms with E-state index in [0.29, 0.717) is 6.42 Å². The van der Waals surface area contributed by atoms with Crippen LogP contribution < -0.4 is 0 Å². The summed E-state index contributed by atoms with van der Waals surface area (Å²) in [5.74, 6) is 0.258. The van der Waals surface area contributed by atoms with Crippen molar-refractivity contribution in [1.29, 1.82) is 0 Å². The van der Waals surface area contributed by atoms with Crippen molar-refractivity contribution >= 4 is 32.5 Å². The number of hydrogen-bond donors (Lipinski definition) is 0. The molecule has 2 aromatic rings. The van der Waals surface area contributed by atoms with Gasteiger partial charge in [-0.15, -0.1) is 0 Å². The summed E-state index contributed by atoms with van der Waals surface area (Å²) in [7, 11) is 0. The summed E-state index contributed by atoms with van der Waals surface area (Å²) in [6.45, 7) is 2.15. The molecule has 0 bridgehead atoms. The number of hydrogen-bond acceptors (Lipinski definition) is 1. The highest BCUT2D eigenvalue weighted by Crippen LogP contribution is 2.21. The molecule has 0 unspecified atom stereocenters. The van der Waals surface area contributed by atoms with Crippen molar-refractivity contribution in [3.8, 4) is 0 Å². The molecule has 0 aromatic heterocycles. The van der Waals surface area contributed by atoms with Gasteiger partial charge < -0.3 is 0 Å². The van der Waals surface area contributed by atoms with Crippen molar-refractivity contribution < 1.29 is 4.79 Å². The van der Waals surface area contributed by atoms with Gasteiger partial charge in [0.15, 0.2) is 5.78 Å². The number of carbonyl (C=O) groups is 1. The molecule has 0 spiro atoms. The van der Waals surface area contributed by atoms with E-state index in [1.165, 1.54) is 0 Å². The van der Waals surface area contributed by atoms with Crippen molar-refractivity contribution in [2.75, 3.05) is 0 Å². The Bertz CT molecular complexity index is 560. The number of halogens is 1. The van der Waals surface area contributed by atoms with E-state index < -0.39 is 0 Å². The van der Waals surface area contributed by atoms with Gasteiger partial charge in [0.05, 0.1) is 0 Å². The Kier molecular flexibility index (Phi) is 4.54. The van der Waals surface area contributed by atoms with Gasteiger partial charge >= 0.3 is 0 Å². The summed E-state index contributed by atoms with van der Waals surface area (Å²) in [6.07, 6.45) is 3.94. The highest BCUT2D eigenvalue weighted by molar-refractivity contribution is 9.10. The number of benzene rings is 2. The Labute approximate surface area is 116 Å². The van der Waals surface area contributed by atoms with Crippen molar-refractivity contribution in [3.63, 3.8) is 0 Å². The molecule has 0 N–H and O–H groups in total. The average Bonchev–Trinajstić information content (AvgIpc) is 2.38. The van der Waals surface area contributed by atoms with E-state index in [9.17, 15) is 4.79 Å². The van der Waals surface area contributed by atoms with Gasteiger partial charge in [0.25, 0.3) is 0 Å². The van der Waals surface area contributed by atoms with Crippen LogP contribution in [0, 0.1) is 0 Å². The first-order valence-electron chi connectivity index (χ1n) is 6.43. The minimum atomic E-state index is 0.258. The van der Waals surface area contributed by atoms with Gasteiger partial charge in [-0.2, -0.15) is 0 Å². The lowest BCUT2D eigenvalue weighted by Crippen LogP contribution is -1.98. The first kappa shape index (κ1) is 13.3. The van der Waals surface area contributed by atoms with E-state index in [0.717, 1.165) is 40.1 Å². The van der Waals surface area contributed by atoms with Gasteiger partial charge in [-0.25, -0.2) is 0 Å². The molecule has 2 rings (SSSR count). The molecular weight excluding hydrogens is 288 g/mol. The van der Waals surface area contributed by atoms with E-state index in [2.05, 4.69) is 28.9 Å². The number of fused-ring (bicyclic) bond motifs is 1. The van der Waals surface area contributed by atoms with Crippen LogP contribution in [0.5, 0.6) is 0 Å². The number of carbonyl (C=O) groups excluding carboxylic acids is 1. The van der Waals surface area contributed by atoms with Gasteiger partial charge in [0.1, 0.15) is 0 Å². The van der Waals surface area contributed by atoms with Crippen LogP contribution in [0.15, 0.2) is 40.9 Å². The summed E-state index contributed by atoms with van der Waals surface area (Å²) in [4.78, 5) is 12.0. The van der Waals surface area contributed by atoms with Crippen molar-refractivity contribution in [1.82, 2.24) is 0 Å². The molecule has 0 saturated carbocycles. The topological polar surface area (TPSA) is 17.1 Å². The number of unbranched alkanes of at least 4 members (excludes halogenated alkanes) is 2. The molecule has 18 heavy (non-hydrogen) atoms. The fraction of sp³-hybridized carbons (Fsp3) is 0.312. The molecule has 0 aliphatic carbocycles. The molecule has 94 valence electrons. The van der Waals surface area contributed by atoms with E-state index in [1.807, 2.05) is 30.3 Å². The summed E-state index contributed by atoms with van der Waals surface area (Å²) in [5.41, 5.74) is 0.834. The lowest BCUT2D eigenvalue weighted by atomic mass is 10.0. The van der Waals surface area contributed by atoms with Crippen LogP contribution >= 0.6 is 15.9 Å². The summed E-state index contributed by atoms with van der Waals surface area (Å²) in [5, 5.41) is 2.29. The van der Waals surface area contributed by atoms with Crippen molar-refractivity contribution in [3.05, 3.63) is 46.4 Å². The smallest absolute Gasteiger partial charge is 0.162 e. The third kappa shape index (κ3) is 3.20. The van der Waals surface area contributed by atoms with Crippen LogP contribution in [0.25, 0.3) is 10.8 Å². The molecule has 2 aromatic carbocycles. The van der Waals surface area contributed by atoms with Gasteiger partial charge in [-0.05, 0) is 35.4 Å². The minimum absolute atomic E-state index is 0.258. The molecule has 0 aliphatic heterocycles. The maximum Gasteiger partial charge on any atom is 0.162 e. The number of ketones is 1. The third-order valence-corrected chi connectivity index (χ3v) is 3.62. The van der Waals surface area contributed by atoms with Gasteiger partial charge in [0, 0.05) is 16.5 Å². The molecule has 0 atom stereocenters. The average molecular weight is 305 g/mol. The van der Waals surface area contributed by atoms with Gasteiger partial charge in [-0.1, -0.05) is 53.9 Å². The fourth-order valence-corrected chi connectivity index (χ4v) is 2.45. The van der Waals surface area contributed by atoms with E-state index in [1.54, 1.807) is 0 Å². The Morgan fingerprint density at radius 1 is 1.06 bits per heavy atom. The normalized spacial score (nSPS) is 10.8. The van der Waals surface area contributed by atoms with Gasteiger partial charge in [-0.3, -0.25) is 4.79 Å². The quantitative estimate of drug-likeness (QED) is 0.536. The summed E-state index contributed by atoms with van der Waals surface area (Å²) >= 11 is 3.46. The lowest BCUT2D eigenvalue weighted by Gasteiger charge is -2.04. The van der Waals surface area contributed by atoms with Crippen LogP contribution in [-0.4, -0.2) is 5.78 Å². The SMILES string of the molecule is CCCCCC(=O)c1ccc2cc(Br)ccc2c1. The van der Waals surface area contributed by atoms with Crippen LogP contribution in [0.2, 0.25) is 0 Å². The first-order chi connectivity index (χ1) is 8.70. The second-order valence-corrected chi connectivity index (χ2v) is 5.50. The standard InChI is InChI=1S/C16H17BrO/c1-2-3-4-5-16(18)14-7-6-13-11-15(17)9-8-12(13)10-14/h6-11H,2-5H2,1H3. The van der Waals surface area contributed by atoms with Crippen LogP contribution in [0.3, 0.4) is 0 Å². The molecule has 0 amide bonds. The highest BCUT2D eigenvalue weighted by Gasteiger charge is 2.06. The number of rotatable bonds is 5. The largest absolute Gasteiger partial charge is 0.294 e. The third-order valence-electron chi connectivity index (χ3n) is 3.13. The summed E-state index contributed by atoms with van der Waals surface area (Å²) in [6, 6.07) is 12.1. The van der Waals surface area contributed by atoms with Gasteiger partial charge in [0.2, 0.25) is 0 Å². The zero-order chi connectivity index (χ0) is 13.0. The Morgan fingerprint density at radius 3 is 2.56 bits per heavy atom. The Hall–Kier alpha value is -1.15. The molecule has 0 aliphatic rings. The molecule has 0 radical (unpaired) electrons. The van der Waals surface area contributed by atoms with E-state index in [-0.39, 0.29) is 5.78 Å². The maximum absolute atomic E-state index is 12.0. The van der Waals surface area contributed by atoms with Crippen molar-refractivity contribution in [2.24, 2.45) is 0 Å². The van der Waals surface area contributed by atoms with E-state index in [4.69, 9.17) is 0 Å². The van der Waals surface area contributed by atoms with Crippen LogP contribution in [-0.2, 0) is 0 Å². The highest BCUT2D eigenvalue weighted by atomic mass is 79.9. The predicted molar refractivity (Wildman–Crippen MR) is 80.1 cm³/mol. The molecule has 0 saturated heterocycles. The first-order valence-corrected chi connectivity index (χ1v) is 7.22. The second-order valence-electron chi connectivity index (χ2n) is 4.59. The minimum Gasteiger partial charge on any atom is -0.294 e. The zero-order valence-corrected chi connectivity index (χ0v) is 12.2. The Balaban J connectivity index is 2.19. The van der Waals surface area contributed by atoms with Crippen LogP contribution in [0.4, 0.5) is 0 Å². The zero-order valence-electron chi connectivity index (χ0n) is 10.6. The molecular formula is C16H17BrO. The lowest BCUT2D eigenvalue weighted by molar-refractivity contribution is 0.0979. The van der Waals surface area contributed by atoms with Crippen molar-refractivity contribution in [2.45, 2.75) is 32.6 Å². The monoisotopic (exact) mass is 304 g/mol. The molecule has 1 nitrogen and oxygen atoms in total. The summed E-state index contributed by atoms with van der Waals surface area (Å²) < 4.78 is 1.07. The molecule has 2 heteroatoms. The Morgan fingerprint density at radius 2 is 1.78 bits per heavy atom. The maximum atomic E-state index is 12.0. The second kappa shape index (κ2) is 6.14. The van der Waals surface area contributed by atoms with Crippen LogP contribution in [0.1, 0.15) is 43.0 Å². The molecule has 0 fully saturated rings. The fourth-order valence-electron chi connectivity index (χ4n) is 2.07.